The van der Waals surface area contributed by atoms with Crippen LogP contribution in [0.15, 0.2) is 30.0 Å². The molecule has 1 aromatic carbocycles. The Bertz CT molecular complexity index is 830. The number of ether oxygens (including phenoxy) is 2. The number of methoxy groups -OCH3 is 2. The van der Waals surface area contributed by atoms with Gasteiger partial charge in [0, 0.05) is 17.8 Å². The predicted octanol–water partition coefficient (Wildman–Crippen LogP) is 3.05. The van der Waals surface area contributed by atoms with Gasteiger partial charge in [0.25, 0.3) is 0 Å². The average Bonchev–Trinajstić information content (AvgIpc) is 2.73. The number of barbiturate groups is 1. The summed E-state index contributed by atoms with van der Waals surface area (Å²) in [5.41, 5.74) is 0.979. The third-order valence-electron chi connectivity index (χ3n) is 5.45. The van der Waals surface area contributed by atoms with Gasteiger partial charge >= 0.3 is 6.03 Å². The van der Waals surface area contributed by atoms with E-state index >= 15 is 0 Å². The lowest BCUT2D eigenvalue weighted by Gasteiger charge is -2.38. The molecule has 156 valence electrons. The molecule has 2 aliphatic rings. The second-order valence-corrected chi connectivity index (χ2v) is 7.16. The van der Waals surface area contributed by atoms with Gasteiger partial charge in [0.1, 0.15) is 11.5 Å². The Morgan fingerprint density at radius 3 is 2.48 bits per heavy atom. The molecule has 1 aromatic rings. The fourth-order valence-corrected chi connectivity index (χ4v) is 3.92. The third kappa shape index (κ3) is 4.21. The third-order valence-corrected chi connectivity index (χ3v) is 5.45. The fourth-order valence-electron chi connectivity index (χ4n) is 3.92. The number of imide groups is 2. The number of anilines is 1. The first-order valence-electron chi connectivity index (χ1n) is 9.83. The molecule has 29 heavy (non-hydrogen) atoms. The van der Waals surface area contributed by atoms with Crippen LogP contribution in [0.2, 0.25) is 0 Å². The van der Waals surface area contributed by atoms with Crippen LogP contribution < -0.4 is 20.1 Å². The van der Waals surface area contributed by atoms with E-state index in [-0.39, 0.29) is 6.04 Å². The van der Waals surface area contributed by atoms with Gasteiger partial charge in [-0.15, -0.1) is 0 Å². The Labute approximate surface area is 170 Å². The van der Waals surface area contributed by atoms with E-state index in [2.05, 4.69) is 10.6 Å². The molecule has 1 atom stereocenters. The van der Waals surface area contributed by atoms with Crippen LogP contribution >= 0.6 is 0 Å². The topological polar surface area (TPSA) is 97.0 Å². The molecule has 1 aliphatic carbocycles. The molecule has 2 N–H and O–H groups in total. The van der Waals surface area contributed by atoms with Gasteiger partial charge in [-0.1, -0.05) is 25.3 Å². The van der Waals surface area contributed by atoms with Crippen molar-refractivity contribution in [1.29, 1.82) is 0 Å². The van der Waals surface area contributed by atoms with Gasteiger partial charge in [0.05, 0.1) is 19.9 Å². The smallest absolute Gasteiger partial charge is 0.331 e. The summed E-state index contributed by atoms with van der Waals surface area (Å²) in [4.78, 5) is 39.4. The zero-order chi connectivity index (χ0) is 21.0. The molecule has 0 unspecified atom stereocenters. The summed E-state index contributed by atoms with van der Waals surface area (Å²) in [5, 5.41) is 5.48. The molecule has 3 rings (SSSR count). The van der Waals surface area contributed by atoms with Crippen LogP contribution in [0.3, 0.4) is 0 Å². The molecular weight excluding hydrogens is 374 g/mol. The molecule has 2 fully saturated rings. The molecule has 0 aromatic heterocycles. The highest BCUT2D eigenvalue weighted by atomic mass is 16.5. The quantitative estimate of drug-likeness (QED) is 0.711. The van der Waals surface area contributed by atoms with E-state index < -0.39 is 23.8 Å². The van der Waals surface area contributed by atoms with E-state index in [4.69, 9.17) is 9.47 Å². The average molecular weight is 401 g/mol. The number of amides is 4. The van der Waals surface area contributed by atoms with Crippen molar-refractivity contribution in [2.75, 3.05) is 19.5 Å². The summed E-state index contributed by atoms with van der Waals surface area (Å²) in [6.07, 6.45) is 6.24. The SMILES string of the molecule is C/C=C(/Nc1ccc(OC)cc1OC)[C@H]1C(=O)NC(=O)N(C2CCCCC2)C1=O. The maximum Gasteiger partial charge on any atom is 0.331 e. The number of carbonyl (C=O) groups excluding carboxylic acids is 3. The van der Waals surface area contributed by atoms with E-state index in [1.165, 1.54) is 12.0 Å². The zero-order valence-corrected chi connectivity index (χ0v) is 17.0. The van der Waals surface area contributed by atoms with Gasteiger partial charge in [-0.2, -0.15) is 0 Å². The number of nitrogens with one attached hydrogen (secondary N) is 2. The van der Waals surface area contributed by atoms with Crippen LogP contribution in [0.1, 0.15) is 39.0 Å². The lowest BCUT2D eigenvalue weighted by atomic mass is 9.91. The fraction of sp³-hybridized carbons (Fsp3) is 0.476. The van der Waals surface area contributed by atoms with Crippen molar-refractivity contribution in [3.63, 3.8) is 0 Å². The van der Waals surface area contributed by atoms with Crippen LogP contribution in [-0.4, -0.2) is 43.0 Å². The van der Waals surface area contributed by atoms with Crippen LogP contribution in [0.25, 0.3) is 0 Å². The van der Waals surface area contributed by atoms with Crippen molar-refractivity contribution in [3.05, 3.63) is 30.0 Å². The summed E-state index contributed by atoms with van der Waals surface area (Å²) in [6, 6.07) is 4.41. The summed E-state index contributed by atoms with van der Waals surface area (Å²) < 4.78 is 10.6. The van der Waals surface area contributed by atoms with Crippen molar-refractivity contribution < 1.29 is 23.9 Å². The zero-order valence-electron chi connectivity index (χ0n) is 17.0. The minimum Gasteiger partial charge on any atom is -0.497 e. The van der Waals surface area contributed by atoms with Crippen LogP contribution in [0, 0.1) is 5.92 Å². The summed E-state index contributed by atoms with van der Waals surface area (Å²) in [7, 11) is 3.08. The molecule has 1 saturated heterocycles. The lowest BCUT2D eigenvalue weighted by molar-refractivity contribution is -0.142. The summed E-state index contributed by atoms with van der Waals surface area (Å²) in [5.74, 6) is -1.10. The number of hydrogen-bond donors (Lipinski definition) is 2. The molecular formula is C21H27N3O5. The second-order valence-electron chi connectivity index (χ2n) is 7.16. The molecule has 1 heterocycles. The number of allylic oxidation sites excluding steroid dienone is 1. The Morgan fingerprint density at radius 2 is 1.86 bits per heavy atom. The Hall–Kier alpha value is -3.03. The van der Waals surface area contributed by atoms with Crippen molar-refractivity contribution in [1.82, 2.24) is 10.2 Å². The summed E-state index contributed by atoms with van der Waals surface area (Å²) >= 11 is 0. The number of urea groups is 1. The molecule has 1 aliphatic heterocycles. The predicted molar refractivity (Wildman–Crippen MR) is 108 cm³/mol. The number of benzene rings is 1. The molecule has 8 heteroatoms. The van der Waals surface area contributed by atoms with E-state index in [0.29, 0.717) is 22.9 Å². The standard InChI is InChI=1S/C21H27N3O5/c1-4-15(22-16-11-10-14(28-2)12-17(16)29-3)18-19(25)23-21(27)24(20(18)26)13-8-6-5-7-9-13/h4,10-13,18,22H,5-9H2,1-3H3,(H,23,25,27)/b15-4+/t18-/m0/s1. The number of nitrogens with zero attached hydrogens (tertiary/aromatic N) is 1. The largest absolute Gasteiger partial charge is 0.497 e. The van der Waals surface area contributed by atoms with Crippen molar-refractivity contribution >= 4 is 23.5 Å². The van der Waals surface area contributed by atoms with Crippen LogP contribution in [0.4, 0.5) is 10.5 Å². The highest BCUT2D eigenvalue weighted by molar-refractivity contribution is 6.18. The first-order valence-corrected chi connectivity index (χ1v) is 9.83. The van der Waals surface area contributed by atoms with Gasteiger partial charge < -0.3 is 14.8 Å². The molecule has 4 amide bonds. The number of hydrogen-bond acceptors (Lipinski definition) is 6. The van der Waals surface area contributed by atoms with Gasteiger partial charge in [0.2, 0.25) is 11.8 Å². The minimum absolute atomic E-state index is 0.166. The minimum atomic E-state index is -1.12. The molecule has 8 nitrogen and oxygen atoms in total. The highest BCUT2D eigenvalue weighted by Gasteiger charge is 2.45. The van der Waals surface area contributed by atoms with Gasteiger partial charge in [-0.3, -0.25) is 19.8 Å². The molecule has 0 bridgehead atoms. The normalized spacial score (nSPS) is 21.1. The number of carbonyl (C=O) groups is 3. The first kappa shape index (κ1) is 20.7. The van der Waals surface area contributed by atoms with Crippen molar-refractivity contribution in [2.24, 2.45) is 5.92 Å². The molecule has 0 radical (unpaired) electrons. The van der Waals surface area contributed by atoms with Gasteiger partial charge in [0.15, 0.2) is 5.92 Å². The Balaban J connectivity index is 1.87. The summed E-state index contributed by atoms with van der Waals surface area (Å²) in [6.45, 7) is 1.74. The Kier molecular flexibility index (Phi) is 6.41. The first-order chi connectivity index (χ1) is 14.0. The highest BCUT2D eigenvalue weighted by Crippen LogP contribution is 2.33. The lowest BCUT2D eigenvalue weighted by Crippen LogP contribution is -2.61. The maximum absolute atomic E-state index is 13.2. The molecule has 0 spiro atoms. The number of rotatable bonds is 6. The monoisotopic (exact) mass is 401 g/mol. The Morgan fingerprint density at radius 1 is 1.14 bits per heavy atom. The van der Waals surface area contributed by atoms with Gasteiger partial charge in [-0.25, -0.2) is 4.79 Å². The second kappa shape index (κ2) is 8.98. The van der Waals surface area contributed by atoms with Crippen molar-refractivity contribution in [2.45, 2.75) is 45.1 Å². The van der Waals surface area contributed by atoms with E-state index in [1.807, 2.05) is 0 Å². The van der Waals surface area contributed by atoms with Crippen molar-refractivity contribution in [3.8, 4) is 11.5 Å². The van der Waals surface area contributed by atoms with Crippen LogP contribution in [-0.2, 0) is 9.59 Å². The van der Waals surface area contributed by atoms with Crippen LogP contribution in [0.5, 0.6) is 11.5 Å². The van der Waals surface area contributed by atoms with E-state index in [0.717, 1.165) is 32.1 Å². The van der Waals surface area contributed by atoms with Gasteiger partial charge in [-0.05, 0) is 31.9 Å². The van der Waals surface area contributed by atoms with E-state index in [1.54, 1.807) is 38.3 Å². The van der Waals surface area contributed by atoms with E-state index in [9.17, 15) is 14.4 Å². The maximum atomic E-state index is 13.2. The molecule has 1 saturated carbocycles.